The van der Waals surface area contributed by atoms with E-state index >= 15 is 0 Å². The zero-order valence-corrected chi connectivity index (χ0v) is 15.0. The Morgan fingerprint density at radius 3 is 2.65 bits per heavy atom. The number of hydrogen-bond donors (Lipinski definition) is 1. The SMILES string of the molecule is C[C@@H]1CCCN1c1ccc(-c2cccc(NC(=O)C3CC3)c2)cc1C#N. The molecule has 1 heterocycles. The predicted octanol–water partition coefficient (Wildman–Crippen LogP) is 4.56. The molecular formula is C22H23N3O. The first-order valence-electron chi connectivity index (χ1n) is 9.38. The van der Waals surface area contributed by atoms with Gasteiger partial charge in [0.15, 0.2) is 0 Å². The van der Waals surface area contributed by atoms with Crippen LogP contribution in [0, 0.1) is 17.2 Å². The van der Waals surface area contributed by atoms with Crippen LogP contribution in [0.5, 0.6) is 0 Å². The molecule has 0 spiro atoms. The van der Waals surface area contributed by atoms with Gasteiger partial charge >= 0.3 is 0 Å². The van der Waals surface area contributed by atoms with Gasteiger partial charge in [-0.25, -0.2) is 0 Å². The van der Waals surface area contributed by atoms with Crippen LogP contribution in [0.25, 0.3) is 11.1 Å². The van der Waals surface area contributed by atoms with Crippen LogP contribution in [0.2, 0.25) is 0 Å². The molecule has 4 rings (SSSR count). The van der Waals surface area contributed by atoms with Gasteiger partial charge in [-0.05, 0) is 68.0 Å². The fourth-order valence-electron chi connectivity index (χ4n) is 3.71. The highest BCUT2D eigenvalue weighted by molar-refractivity contribution is 5.94. The Morgan fingerprint density at radius 2 is 1.96 bits per heavy atom. The smallest absolute Gasteiger partial charge is 0.227 e. The molecule has 4 heteroatoms. The van der Waals surface area contributed by atoms with Crippen LogP contribution >= 0.6 is 0 Å². The fraction of sp³-hybridized carbons (Fsp3) is 0.364. The maximum Gasteiger partial charge on any atom is 0.227 e. The summed E-state index contributed by atoms with van der Waals surface area (Å²) in [5.41, 5.74) is 4.56. The third-order valence-corrected chi connectivity index (χ3v) is 5.39. The number of nitrogens with zero attached hydrogens (tertiary/aromatic N) is 2. The minimum Gasteiger partial charge on any atom is -0.368 e. The van der Waals surface area contributed by atoms with Gasteiger partial charge in [0.2, 0.25) is 5.91 Å². The number of anilines is 2. The number of hydrogen-bond acceptors (Lipinski definition) is 3. The highest BCUT2D eigenvalue weighted by Gasteiger charge is 2.29. The van der Waals surface area contributed by atoms with Gasteiger partial charge < -0.3 is 10.2 Å². The molecular weight excluding hydrogens is 322 g/mol. The molecule has 0 unspecified atom stereocenters. The molecule has 1 saturated carbocycles. The summed E-state index contributed by atoms with van der Waals surface area (Å²) in [4.78, 5) is 14.3. The summed E-state index contributed by atoms with van der Waals surface area (Å²) >= 11 is 0. The lowest BCUT2D eigenvalue weighted by Gasteiger charge is -2.25. The minimum atomic E-state index is 0.109. The van der Waals surface area contributed by atoms with Crippen LogP contribution in [0.1, 0.15) is 38.2 Å². The van der Waals surface area contributed by atoms with E-state index in [-0.39, 0.29) is 11.8 Å². The largest absolute Gasteiger partial charge is 0.368 e. The lowest BCUT2D eigenvalue weighted by Crippen LogP contribution is -2.26. The molecule has 0 aromatic heterocycles. The molecule has 4 nitrogen and oxygen atoms in total. The molecule has 2 aromatic rings. The predicted molar refractivity (Wildman–Crippen MR) is 104 cm³/mol. The van der Waals surface area contributed by atoms with Gasteiger partial charge in [-0.2, -0.15) is 5.26 Å². The summed E-state index contributed by atoms with van der Waals surface area (Å²) in [5, 5.41) is 12.6. The van der Waals surface area contributed by atoms with E-state index in [1.807, 2.05) is 30.3 Å². The lowest BCUT2D eigenvalue weighted by molar-refractivity contribution is -0.117. The van der Waals surface area contributed by atoms with Crippen molar-refractivity contribution in [3.8, 4) is 17.2 Å². The number of nitriles is 1. The molecule has 1 atom stereocenters. The zero-order valence-electron chi connectivity index (χ0n) is 15.0. The van der Waals surface area contributed by atoms with Crippen molar-refractivity contribution in [2.24, 2.45) is 5.92 Å². The van der Waals surface area contributed by atoms with Gasteiger partial charge in [-0.3, -0.25) is 4.79 Å². The first-order valence-corrected chi connectivity index (χ1v) is 9.38. The van der Waals surface area contributed by atoms with Crippen LogP contribution in [0.15, 0.2) is 42.5 Å². The van der Waals surface area contributed by atoms with Gasteiger partial charge in [0.25, 0.3) is 0 Å². The number of carbonyl (C=O) groups excluding carboxylic acids is 1. The molecule has 1 N–H and O–H groups in total. The Kier molecular flexibility index (Phi) is 4.38. The fourth-order valence-corrected chi connectivity index (χ4v) is 3.71. The summed E-state index contributed by atoms with van der Waals surface area (Å²) in [6, 6.07) is 16.8. The van der Waals surface area contributed by atoms with Crippen molar-refractivity contribution in [2.75, 3.05) is 16.8 Å². The van der Waals surface area contributed by atoms with E-state index in [9.17, 15) is 10.1 Å². The van der Waals surface area contributed by atoms with Crippen LogP contribution in [-0.4, -0.2) is 18.5 Å². The molecule has 2 aromatic carbocycles. The van der Waals surface area contributed by atoms with Crippen LogP contribution < -0.4 is 10.2 Å². The summed E-state index contributed by atoms with van der Waals surface area (Å²) in [5.74, 6) is 0.295. The van der Waals surface area contributed by atoms with Crippen molar-refractivity contribution >= 4 is 17.3 Å². The second-order valence-corrected chi connectivity index (χ2v) is 7.37. The maximum absolute atomic E-state index is 12.0. The van der Waals surface area contributed by atoms with Crippen molar-refractivity contribution in [1.29, 1.82) is 5.26 Å². The maximum atomic E-state index is 12.0. The monoisotopic (exact) mass is 345 g/mol. The molecule has 2 aliphatic rings. The number of carbonyl (C=O) groups is 1. The van der Waals surface area contributed by atoms with E-state index in [0.29, 0.717) is 11.6 Å². The summed E-state index contributed by atoms with van der Waals surface area (Å²) in [6.07, 6.45) is 4.34. The normalized spacial score (nSPS) is 19.2. The van der Waals surface area contributed by atoms with E-state index in [0.717, 1.165) is 41.9 Å². The van der Waals surface area contributed by atoms with Gasteiger partial charge in [0.05, 0.1) is 11.3 Å². The van der Waals surface area contributed by atoms with E-state index < -0.39 is 0 Å². The zero-order chi connectivity index (χ0) is 18.1. The van der Waals surface area contributed by atoms with Crippen molar-refractivity contribution in [2.45, 2.75) is 38.6 Å². The molecule has 132 valence electrons. The molecule has 1 amide bonds. The van der Waals surface area contributed by atoms with Crippen molar-refractivity contribution < 1.29 is 4.79 Å². The molecule has 1 aliphatic carbocycles. The third-order valence-electron chi connectivity index (χ3n) is 5.39. The summed E-state index contributed by atoms with van der Waals surface area (Å²) < 4.78 is 0. The van der Waals surface area contributed by atoms with Gasteiger partial charge in [0.1, 0.15) is 6.07 Å². The number of rotatable bonds is 4. The van der Waals surface area contributed by atoms with Crippen LogP contribution in [0.3, 0.4) is 0 Å². The molecule has 2 fully saturated rings. The van der Waals surface area contributed by atoms with Crippen molar-refractivity contribution in [3.05, 3.63) is 48.0 Å². The molecule has 1 aliphatic heterocycles. The highest BCUT2D eigenvalue weighted by Crippen LogP contribution is 2.33. The van der Waals surface area contributed by atoms with Gasteiger partial charge in [0, 0.05) is 24.2 Å². The number of amides is 1. The first-order chi connectivity index (χ1) is 12.7. The second-order valence-electron chi connectivity index (χ2n) is 7.37. The van der Waals surface area contributed by atoms with E-state index in [1.54, 1.807) is 0 Å². The van der Waals surface area contributed by atoms with E-state index in [4.69, 9.17) is 0 Å². The molecule has 0 radical (unpaired) electrons. The van der Waals surface area contributed by atoms with Crippen molar-refractivity contribution in [3.63, 3.8) is 0 Å². The van der Waals surface area contributed by atoms with Gasteiger partial charge in [-0.1, -0.05) is 18.2 Å². The average molecular weight is 345 g/mol. The standard InChI is InChI=1S/C22H23N3O/c1-15-4-3-11-25(15)21-10-9-18(12-19(21)14-23)17-5-2-6-20(13-17)24-22(26)16-7-8-16/h2,5-6,9-10,12-13,15-16H,3-4,7-8,11H2,1H3,(H,24,26)/t15-/m1/s1. The second kappa shape index (κ2) is 6.84. The summed E-state index contributed by atoms with van der Waals surface area (Å²) in [6.45, 7) is 3.23. The first kappa shape index (κ1) is 16.7. The average Bonchev–Trinajstić information content (AvgIpc) is 3.43. The lowest BCUT2D eigenvalue weighted by atomic mass is 10.0. The highest BCUT2D eigenvalue weighted by atomic mass is 16.2. The van der Waals surface area contributed by atoms with Crippen LogP contribution in [0.4, 0.5) is 11.4 Å². The van der Waals surface area contributed by atoms with Crippen LogP contribution in [-0.2, 0) is 4.79 Å². The van der Waals surface area contributed by atoms with E-state index in [2.05, 4.69) is 35.3 Å². The summed E-state index contributed by atoms with van der Waals surface area (Å²) in [7, 11) is 0. The quantitative estimate of drug-likeness (QED) is 0.883. The third kappa shape index (κ3) is 3.30. The number of nitrogens with one attached hydrogen (secondary N) is 1. The number of benzene rings is 2. The Bertz CT molecular complexity index is 879. The Hall–Kier alpha value is -2.80. The van der Waals surface area contributed by atoms with Crippen molar-refractivity contribution in [1.82, 2.24) is 0 Å². The van der Waals surface area contributed by atoms with Gasteiger partial charge in [-0.15, -0.1) is 0 Å². The molecule has 1 saturated heterocycles. The Labute approximate surface area is 154 Å². The topological polar surface area (TPSA) is 56.1 Å². The Morgan fingerprint density at radius 1 is 1.15 bits per heavy atom. The Balaban J connectivity index is 1.61. The molecule has 26 heavy (non-hydrogen) atoms. The minimum absolute atomic E-state index is 0.109. The molecule has 0 bridgehead atoms. The van der Waals surface area contributed by atoms with E-state index in [1.165, 1.54) is 12.8 Å².